The summed E-state index contributed by atoms with van der Waals surface area (Å²) >= 11 is 6.12. The monoisotopic (exact) mass is 363 g/mol. The minimum atomic E-state index is -2.10. The lowest BCUT2D eigenvalue weighted by molar-refractivity contribution is -0.139. The summed E-state index contributed by atoms with van der Waals surface area (Å²) in [6, 6.07) is 4.50. The van der Waals surface area contributed by atoms with Gasteiger partial charge >= 0.3 is 11.9 Å². The van der Waals surface area contributed by atoms with Crippen molar-refractivity contribution < 1.29 is 34.1 Å². The van der Waals surface area contributed by atoms with Gasteiger partial charge in [0.05, 0.1) is 10.7 Å². The van der Waals surface area contributed by atoms with Gasteiger partial charge in [-0.1, -0.05) is 23.7 Å². The van der Waals surface area contributed by atoms with Crippen molar-refractivity contribution in [1.29, 1.82) is 0 Å². The van der Waals surface area contributed by atoms with E-state index in [0.717, 1.165) is 0 Å². The molecule has 1 aromatic carbocycles. The van der Waals surface area contributed by atoms with Crippen LogP contribution in [0.3, 0.4) is 0 Å². The Balaban J connectivity index is 2.14. The summed E-state index contributed by atoms with van der Waals surface area (Å²) in [6.07, 6.45) is 0. The van der Waals surface area contributed by atoms with Gasteiger partial charge in [-0.3, -0.25) is 4.79 Å². The highest BCUT2D eigenvalue weighted by Gasteiger charge is 2.62. The standard InChI is InChI=1S/C16H10ClNO7/c17-7-3-1-2-6-12(7)18-15(23)16(6,10-8(19)4-24-13(10)21)11-9(20)5-25-14(11)22/h1-3,19-20H,4-5H2,(H,18,23). The van der Waals surface area contributed by atoms with Crippen LogP contribution < -0.4 is 5.32 Å². The lowest BCUT2D eigenvalue weighted by Crippen LogP contribution is -2.43. The highest BCUT2D eigenvalue weighted by Crippen LogP contribution is 2.53. The molecule has 0 fully saturated rings. The number of hydrogen-bond acceptors (Lipinski definition) is 7. The maximum absolute atomic E-state index is 13.0. The van der Waals surface area contributed by atoms with E-state index in [1.54, 1.807) is 0 Å². The van der Waals surface area contributed by atoms with E-state index in [9.17, 15) is 24.6 Å². The fourth-order valence-electron chi connectivity index (χ4n) is 3.45. The molecule has 0 spiro atoms. The summed E-state index contributed by atoms with van der Waals surface area (Å²) in [5.74, 6) is -3.78. The Hall–Kier alpha value is -3.00. The number of aliphatic hydroxyl groups excluding tert-OH is 2. The molecule has 3 N–H and O–H groups in total. The molecule has 3 aliphatic rings. The molecule has 3 aliphatic heterocycles. The zero-order valence-electron chi connectivity index (χ0n) is 12.5. The maximum Gasteiger partial charge on any atom is 0.339 e. The molecule has 8 nitrogen and oxygen atoms in total. The van der Waals surface area contributed by atoms with E-state index in [1.165, 1.54) is 18.2 Å². The molecule has 25 heavy (non-hydrogen) atoms. The Morgan fingerprint density at radius 2 is 1.56 bits per heavy atom. The molecule has 128 valence electrons. The van der Waals surface area contributed by atoms with E-state index < -0.39 is 59.1 Å². The fraction of sp³-hybridized carbons (Fsp3) is 0.188. The number of carbonyl (C=O) groups excluding carboxylic acids is 3. The van der Waals surface area contributed by atoms with E-state index in [-0.39, 0.29) is 16.3 Å². The van der Waals surface area contributed by atoms with Crippen molar-refractivity contribution in [1.82, 2.24) is 0 Å². The number of amides is 1. The number of ether oxygens (including phenoxy) is 2. The van der Waals surface area contributed by atoms with Crippen molar-refractivity contribution in [3.8, 4) is 0 Å². The Bertz CT molecular complexity index is 890. The summed E-state index contributed by atoms with van der Waals surface area (Å²) in [5, 5.41) is 23.1. The Kier molecular flexibility index (Phi) is 3.10. The third-order valence-electron chi connectivity index (χ3n) is 4.41. The first-order valence-corrected chi connectivity index (χ1v) is 7.56. The second-order valence-corrected chi connectivity index (χ2v) is 6.07. The van der Waals surface area contributed by atoms with Crippen LogP contribution in [0.5, 0.6) is 0 Å². The lowest BCUT2D eigenvalue weighted by atomic mass is 9.68. The van der Waals surface area contributed by atoms with Crippen molar-refractivity contribution in [2.75, 3.05) is 18.5 Å². The molecule has 0 saturated carbocycles. The van der Waals surface area contributed by atoms with Gasteiger partial charge in [-0.25, -0.2) is 9.59 Å². The van der Waals surface area contributed by atoms with Crippen LogP contribution in [0.4, 0.5) is 5.69 Å². The normalized spacial score (nSPS) is 21.4. The summed E-state index contributed by atoms with van der Waals surface area (Å²) in [5.41, 5.74) is -2.66. The number of esters is 2. The smallest absolute Gasteiger partial charge is 0.339 e. The average Bonchev–Trinajstić information content (AvgIpc) is 3.17. The summed E-state index contributed by atoms with van der Waals surface area (Å²) in [7, 11) is 0. The van der Waals surface area contributed by atoms with Crippen molar-refractivity contribution in [3.63, 3.8) is 0 Å². The Labute approximate surface area is 145 Å². The SMILES string of the molecule is O=C1OCC(O)=C1C1(C2=C(O)COC2=O)C(=O)Nc2c(Cl)cccc21. The minimum Gasteiger partial charge on any atom is -0.508 e. The average molecular weight is 364 g/mol. The van der Waals surface area contributed by atoms with E-state index in [0.29, 0.717) is 0 Å². The second-order valence-electron chi connectivity index (χ2n) is 5.66. The number of rotatable bonds is 2. The molecule has 0 atom stereocenters. The zero-order valence-corrected chi connectivity index (χ0v) is 13.2. The summed E-state index contributed by atoms with van der Waals surface area (Å²) in [4.78, 5) is 37.5. The number of para-hydroxylation sites is 1. The first-order valence-electron chi connectivity index (χ1n) is 7.19. The van der Waals surface area contributed by atoms with E-state index >= 15 is 0 Å². The fourth-order valence-corrected chi connectivity index (χ4v) is 3.67. The van der Waals surface area contributed by atoms with Gasteiger partial charge in [0.1, 0.15) is 41.3 Å². The van der Waals surface area contributed by atoms with Gasteiger partial charge in [0.25, 0.3) is 0 Å². The number of hydrogen-bond donors (Lipinski definition) is 3. The van der Waals surface area contributed by atoms with Gasteiger partial charge in [-0.2, -0.15) is 0 Å². The van der Waals surface area contributed by atoms with Crippen LogP contribution in [0.25, 0.3) is 0 Å². The predicted molar refractivity (Wildman–Crippen MR) is 83.0 cm³/mol. The first kappa shape index (κ1) is 15.5. The number of cyclic esters (lactones) is 2. The minimum absolute atomic E-state index is 0.144. The van der Waals surface area contributed by atoms with Crippen LogP contribution >= 0.6 is 11.6 Å². The highest BCUT2D eigenvalue weighted by atomic mass is 35.5. The van der Waals surface area contributed by atoms with Crippen molar-refractivity contribution in [2.24, 2.45) is 0 Å². The van der Waals surface area contributed by atoms with Crippen molar-refractivity contribution >= 4 is 35.1 Å². The highest BCUT2D eigenvalue weighted by molar-refractivity contribution is 6.35. The summed E-state index contributed by atoms with van der Waals surface area (Å²) in [6.45, 7) is -0.885. The molecule has 0 bridgehead atoms. The molecule has 0 aromatic heterocycles. The van der Waals surface area contributed by atoms with Gasteiger partial charge in [-0.15, -0.1) is 0 Å². The lowest BCUT2D eigenvalue weighted by Gasteiger charge is -2.27. The Morgan fingerprint density at radius 3 is 2.04 bits per heavy atom. The van der Waals surface area contributed by atoms with Gasteiger partial charge < -0.3 is 25.0 Å². The van der Waals surface area contributed by atoms with Crippen LogP contribution in [0.1, 0.15) is 5.56 Å². The predicted octanol–water partition coefficient (Wildman–Crippen LogP) is 1.27. The topological polar surface area (TPSA) is 122 Å². The third kappa shape index (κ3) is 1.79. The number of nitrogens with one attached hydrogen (secondary N) is 1. The molecular formula is C16H10ClNO7. The van der Waals surface area contributed by atoms with Gasteiger partial charge in [0.15, 0.2) is 0 Å². The molecule has 3 heterocycles. The molecule has 4 rings (SSSR count). The van der Waals surface area contributed by atoms with Crippen molar-refractivity contribution in [3.05, 3.63) is 51.4 Å². The van der Waals surface area contributed by atoms with Crippen LogP contribution in [0.15, 0.2) is 40.9 Å². The molecule has 0 unspecified atom stereocenters. The molecule has 1 amide bonds. The molecule has 9 heteroatoms. The molecule has 0 aliphatic carbocycles. The number of carbonyl (C=O) groups is 3. The van der Waals surface area contributed by atoms with E-state index in [1.807, 2.05) is 0 Å². The third-order valence-corrected chi connectivity index (χ3v) is 4.73. The Morgan fingerprint density at radius 1 is 1.00 bits per heavy atom. The first-order chi connectivity index (χ1) is 11.9. The van der Waals surface area contributed by atoms with Crippen molar-refractivity contribution in [2.45, 2.75) is 5.41 Å². The van der Waals surface area contributed by atoms with E-state index in [2.05, 4.69) is 5.32 Å². The largest absolute Gasteiger partial charge is 0.508 e. The quantitative estimate of drug-likeness (QED) is 0.676. The number of aliphatic hydroxyl groups is 2. The molecule has 1 aromatic rings. The van der Waals surface area contributed by atoms with Gasteiger partial charge in [-0.05, 0) is 6.07 Å². The van der Waals surface area contributed by atoms with Crippen LogP contribution in [0.2, 0.25) is 5.02 Å². The molecule has 0 radical (unpaired) electrons. The van der Waals surface area contributed by atoms with Crippen LogP contribution in [-0.4, -0.2) is 41.3 Å². The number of anilines is 1. The molecule has 0 saturated heterocycles. The number of halogens is 1. The van der Waals surface area contributed by atoms with Gasteiger partial charge in [0, 0.05) is 5.56 Å². The van der Waals surface area contributed by atoms with Gasteiger partial charge in [0.2, 0.25) is 5.91 Å². The van der Waals surface area contributed by atoms with Crippen LogP contribution in [0, 0.1) is 0 Å². The zero-order chi connectivity index (χ0) is 17.9. The number of benzene rings is 1. The molecular weight excluding hydrogens is 354 g/mol. The number of fused-ring (bicyclic) bond motifs is 1. The second kappa shape index (κ2) is 5.00. The van der Waals surface area contributed by atoms with E-state index in [4.69, 9.17) is 21.1 Å². The summed E-state index contributed by atoms with van der Waals surface area (Å²) < 4.78 is 9.61. The maximum atomic E-state index is 13.0. The van der Waals surface area contributed by atoms with Crippen LogP contribution in [-0.2, 0) is 29.3 Å².